The quantitative estimate of drug-likeness (QED) is 0.393. The van der Waals surface area contributed by atoms with Gasteiger partial charge in [0.25, 0.3) is 5.91 Å². The van der Waals surface area contributed by atoms with Crippen LogP contribution in [0.5, 0.6) is 5.75 Å². The van der Waals surface area contributed by atoms with Gasteiger partial charge in [-0.3, -0.25) is 14.8 Å². The summed E-state index contributed by atoms with van der Waals surface area (Å²) in [7, 11) is 1.59. The van der Waals surface area contributed by atoms with Crippen molar-refractivity contribution in [2.75, 3.05) is 18.6 Å². The summed E-state index contributed by atoms with van der Waals surface area (Å²) in [6.45, 7) is 2.00. The molecule has 8 heteroatoms. The molecular weight excluding hydrogens is 449 g/mol. The number of benzene rings is 3. The van der Waals surface area contributed by atoms with Gasteiger partial charge < -0.3 is 9.47 Å². The maximum Gasteiger partial charge on any atom is 0.338 e. The van der Waals surface area contributed by atoms with Gasteiger partial charge in [0.15, 0.2) is 0 Å². The number of rotatable bonds is 6. The summed E-state index contributed by atoms with van der Waals surface area (Å²) in [5, 5.41) is 7.31. The molecule has 0 spiro atoms. The maximum atomic E-state index is 14.3. The van der Waals surface area contributed by atoms with Gasteiger partial charge in [0, 0.05) is 16.8 Å². The highest BCUT2D eigenvalue weighted by molar-refractivity contribution is 6.12. The molecule has 4 aromatic rings. The lowest BCUT2D eigenvalue weighted by Gasteiger charge is -2.26. The Morgan fingerprint density at radius 2 is 1.83 bits per heavy atom. The second kappa shape index (κ2) is 9.06. The van der Waals surface area contributed by atoms with Gasteiger partial charge in [-0.1, -0.05) is 12.1 Å². The van der Waals surface area contributed by atoms with Crippen LogP contribution >= 0.6 is 0 Å². The number of hydrogen-bond donors (Lipinski definition) is 1. The maximum absolute atomic E-state index is 14.3. The van der Waals surface area contributed by atoms with E-state index in [-0.39, 0.29) is 12.5 Å². The first-order valence-corrected chi connectivity index (χ1v) is 11.1. The first kappa shape index (κ1) is 22.3. The Morgan fingerprint density at radius 3 is 2.49 bits per heavy atom. The van der Waals surface area contributed by atoms with E-state index >= 15 is 0 Å². The van der Waals surface area contributed by atoms with Crippen molar-refractivity contribution < 1.29 is 23.5 Å². The molecule has 7 nitrogen and oxygen atoms in total. The third kappa shape index (κ3) is 3.93. The lowest BCUT2D eigenvalue weighted by atomic mass is 9.95. The highest BCUT2D eigenvalue weighted by atomic mass is 19.1. The molecule has 1 aliphatic rings. The summed E-state index contributed by atoms with van der Waals surface area (Å²) >= 11 is 0. The van der Waals surface area contributed by atoms with Crippen LogP contribution in [0.1, 0.15) is 44.9 Å². The number of aromatic nitrogens is 2. The minimum atomic E-state index is -0.627. The van der Waals surface area contributed by atoms with Crippen molar-refractivity contribution in [1.82, 2.24) is 10.2 Å². The molecule has 1 N–H and O–H groups in total. The van der Waals surface area contributed by atoms with Crippen LogP contribution in [-0.4, -0.2) is 35.8 Å². The molecule has 1 amide bonds. The number of nitrogens with one attached hydrogen (secondary N) is 1. The number of halogens is 1. The number of esters is 1. The van der Waals surface area contributed by atoms with E-state index in [9.17, 15) is 14.0 Å². The molecule has 0 bridgehead atoms. The average molecular weight is 471 g/mol. The zero-order valence-corrected chi connectivity index (χ0v) is 19.1. The zero-order valence-electron chi connectivity index (χ0n) is 19.1. The fraction of sp³-hybridized carbons (Fsp3) is 0.148. The standard InChI is InChI=1S/C27H22FN3O4/c1-3-35-27(33)17-7-11-20(12-8-17)31-25(18-5-4-6-19(28)15-18)22-23(29-30-24(22)26(31)32)16-9-13-21(34-2)14-10-16/h4-15,25H,3H2,1-2H3,(H,29,30)/t25-/m1/s1. The Balaban J connectivity index is 1.62. The SMILES string of the molecule is CCOC(=O)c1ccc(N2C(=O)c3[nH]nc(-c4ccc(OC)cc4)c3[C@H]2c2cccc(F)c2)cc1. The molecule has 1 atom stereocenters. The van der Waals surface area contributed by atoms with Gasteiger partial charge in [-0.15, -0.1) is 0 Å². The normalized spacial score (nSPS) is 14.7. The third-order valence-electron chi connectivity index (χ3n) is 5.95. The molecule has 176 valence electrons. The largest absolute Gasteiger partial charge is 0.497 e. The summed E-state index contributed by atoms with van der Waals surface area (Å²) < 4.78 is 24.6. The van der Waals surface area contributed by atoms with Gasteiger partial charge in [0.1, 0.15) is 17.3 Å². The minimum absolute atomic E-state index is 0.266. The molecule has 0 saturated heterocycles. The molecular formula is C27H22FN3O4. The van der Waals surface area contributed by atoms with E-state index in [0.29, 0.717) is 39.5 Å². The summed E-state index contributed by atoms with van der Waals surface area (Å²) in [5.74, 6) is -0.451. The average Bonchev–Trinajstić information content (AvgIpc) is 3.43. The summed E-state index contributed by atoms with van der Waals surface area (Å²) in [5.41, 5.74) is 3.90. The zero-order chi connectivity index (χ0) is 24.5. The van der Waals surface area contributed by atoms with Crippen molar-refractivity contribution >= 4 is 17.6 Å². The van der Waals surface area contributed by atoms with Gasteiger partial charge >= 0.3 is 5.97 Å². The number of H-pyrrole nitrogens is 1. The van der Waals surface area contributed by atoms with Gasteiger partial charge in [0.2, 0.25) is 0 Å². The summed E-state index contributed by atoms with van der Waals surface area (Å²) in [6.07, 6.45) is 0. The molecule has 0 fully saturated rings. The van der Waals surface area contributed by atoms with Gasteiger partial charge in [-0.2, -0.15) is 5.10 Å². The smallest absolute Gasteiger partial charge is 0.338 e. The lowest BCUT2D eigenvalue weighted by molar-refractivity contribution is 0.0526. The van der Waals surface area contributed by atoms with E-state index in [0.717, 1.165) is 5.56 Å². The number of carbonyl (C=O) groups excluding carboxylic acids is 2. The monoisotopic (exact) mass is 471 g/mol. The highest BCUT2D eigenvalue weighted by Crippen LogP contribution is 2.45. The van der Waals surface area contributed by atoms with Gasteiger partial charge in [-0.05, 0) is 73.2 Å². The van der Waals surface area contributed by atoms with Crippen LogP contribution in [0, 0.1) is 5.82 Å². The van der Waals surface area contributed by atoms with Crippen molar-refractivity contribution in [2.45, 2.75) is 13.0 Å². The number of amides is 1. The van der Waals surface area contributed by atoms with E-state index < -0.39 is 17.8 Å². The molecule has 0 unspecified atom stereocenters. The van der Waals surface area contributed by atoms with E-state index in [4.69, 9.17) is 9.47 Å². The number of fused-ring (bicyclic) bond motifs is 1. The van der Waals surface area contributed by atoms with Crippen molar-refractivity contribution in [3.05, 3.63) is 101 Å². The predicted molar refractivity (Wildman–Crippen MR) is 128 cm³/mol. The topological polar surface area (TPSA) is 84.5 Å². The molecule has 3 aromatic carbocycles. The molecule has 2 heterocycles. The van der Waals surface area contributed by atoms with Crippen molar-refractivity contribution in [3.63, 3.8) is 0 Å². The Bertz CT molecular complexity index is 1400. The molecule has 0 aliphatic carbocycles. The fourth-order valence-corrected chi connectivity index (χ4v) is 4.35. The van der Waals surface area contributed by atoms with Crippen LogP contribution in [0.2, 0.25) is 0 Å². The van der Waals surface area contributed by atoms with Gasteiger partial charge in [0.05, 0.1) is 31.0 Å². The predicted octanol–water partition coefficient (Wildman–Crippen LogP) is 5.15. The molecule has 0 radical (unpaired) electrons. The van der Waals surface area contributed by atoms with Crippen LogP contribution < -0.4 is 9.64 Å². The van der Waals surface area contributed by atoms with Crippen molar-refractivity contribution in [1.29, 1.82) is 0 Å². The van der Waals surface area contributed by atoms with Crippen LogP contribution in [-0.2, 0) is 4.74 Å². The first-order valence-electron chi connectivity index (χ1n) is 11.1. The van der Waals surface area contributed by atoms with E-state index in [2.05, 4.69) is 10.2 Å². The lowest BCUT2D eigenvalue weighted by Crippen LogP contribution is -2.29. The number of methoxy groups -OCH3 is 1. The van der Waals surface area contributed by atoms with Crippen LogP contribution in [0.15, 0.2) is 72.8 Å². The first-order chi connectivity index (χ1) is 17.0. The van der Waals surface area contributed by atoms with Crippen molar-refractivity contribution in [3.8, 4) is 17.0 Å². The summed E-state index contributed by atoms with van der Waals surface area (Å²) in [4.78, 5) is 27.2. The van der Waals surface area contributed by atoms with Crippen LogP contribution in [0.4, 0.5) is 10.1 Å². The number of carbonyl (C=O) groups is 2. The van der Waals surface area contributed by atoms with Crippen LogP contribution in [0.3, 0.4) is 0 Å². The molecule has 1 aromatic heterocycles. The Hall–Kier alpha value is -4.46. The Kier molecular flexibility index (Phi) is 5.78. The number of nitrogens with zero attached hydrogens (tertiary/aromatic N) is 2. The fourth-order valence-electron chi connectivity index (χ4n) is 4.35. The Morgan fingerprint density at radius 1 is 1.09 bits per heavy atom. The third-order valence-corrected chi connectivity index (χ3v) is 5.95. The molecule has 5 rings (SSSR count). The van der Waals surface area contributed by atoms with E-state index in [1.54, 1.807) is 55.3 Å². The second-order valence-electron chi connectivity index (χ2n) is 7.99. The van der Waals surface area contributed by atoms with E-state index in [1.807, 2.05) is 24.3 Å². The van der Waals surface area contributed by atoms with Gasteiger partial charge in [-0.25, -0.2) is 9.18 Å². The molecule has 1 aliphatic heterocycles. The highest BCUT2D eigenvalue weighted by Gasteiger charge is 2.43. The minimum Gasteiger partial charge on any atom is -0.497 e. The number of ether oxygens (including phenoxy) is 2. The number of anilines is 1. The number of aromatic amines is 1. The van der Waals surface area contributed by atoms with E-state index in [1.165, 1.54) is 12.1 Å². The van der Waals surface area contributed by atoms with Crippen LogP contribution in [0.25, 0.3) is 11.3 Å². The number of hydrogen-bond acceptors (Lipinski definition) is 5. The molecule has 0 saturated carbocycles. The van der Waals surface area contributed by atoms with Crippen molar-refractivity contribution in [2.24, 2.45) is 0 Å². The Labute approximate surface area is 201 Å². The second-order valence-corrected chi connectivity index (χ2v) is 7.99. The molecule has 35 heavy (non-hydrogen) atoms. The summed E-state index contributed by atoms with van der Waals surface area (Å²) in [6, 6.07) is 19.5.